The van der Waals surface area contributed by atoms with Crippen LogP contribution in [0.4, 0.5) is 0 Å². The number of amides is 1. The number of carbonyl (C=O) groups is 1. The van der Waals surface area contributed by atoms with Crippen molar-refractivity contribution in [3.63, 3.8) is 0 Å². The highest BCUT2D eigenvalue weighted by Gasteiger charge is 2.20. The zero-order valence-electron chi connectivity index (χ0n) is 16.4. The van der Waals surface area contributed by atoms with Crippen molar-refractivity contribution in [3.8, 4) is 0 Å². The van der Waals surface area contributed by atoms with Crippen molar-refractivity contribution in [3.05, 3.63) is 35.4 Å². The lowest BCUT2D eigenvalue weighted by molar-refractivity contribution is -0.130. The molecule has 1 unspecified atom stereocenters. The number of guanidine groups is 1. The van der Waals surface area contributed by atoms with E-state index in [-0.39, 0.29) is 36.4 Å². The van der Waals surface area contributed by atoms with E-state index < -0.39 is 0 Å². The van der Waals surface area contributed by atoms with Gasteiger partial charge in [-0.05, 0) is 43.2 Å². The van der Waals surface area contributed by atoms with Crippen molar-refractivity contribution >= 4 is 35.8 Å². The molecule has 26 heavy (non-hydrogen) atoms. The standard InChI is InChI=1S/C20H32N4O.HI/c1-15(2)9-10-16(3)23-20(21-4)22-13-19(25)24-12-11-17-7-5-6-8-18(17)14-24;/h5-8,15-16H,9-14H2,1-4H3,(H2,21,22,23);1H. The maximum Gasteiger partial charge on any atom is 0.242 e. The van der Waals surface area contributed by atoms with E-state index in [0.717, 1.165) is 19.4 Å². The van der Waals surface area contributed by atoms with Gasteiger partial charge in [0.15, 0.2) is 5.96 Å². The van der Waals surface area contributed by atoms with Gasteiger partial charge >= 0.3 is 0 Å². The van der Waals surface area contributed by atoms with Gasteiger partial charge in [-0.25, -0.2) is 0 Å². The molecule has 0 saturated heterocycles. The Morgan fingerprint density at radius 2 is 1.88 bits per heavy atom. The van der Waals surface area contributed by atoms with Gasteiger partial charge in [0.25, 0.3) is 0 Å². The summed E-state index contributed by atoms with van der Waals surface area (Å²) >= 11 is 0. The minimum absolute atomic E-state index is 0. The predicted octanol–water partition coefficient (Wildman–Crippen LogP) is 3.18. The van der Waals surface area contributed by atoms with E-state index in [0.29, 0.717) is 24.5 Å². The quantitative estimate of drug-likeness (QED) is 0.380. The number of hydrogen-bond donors (Lipinski definition) is 2. The molecule has 2 rings (SSSR count). The van der Waals surface area contributed by atoms with Crippen LogP contribution < -0.4 is 10.6 Å². The monoisotopic (exact) mass is 472 g/mol. The van der Waals surface area contributed by atoms with Crippen molar-refractivity contribution in [2.75, 3.05) is 20.1 Å². The molecular formula is C20H33IN4O. The highest BCUT2D eigenvalue weighted by atomic mass is 127. The molecule has 1 aliphatic heterocycles. The molecule has 0 radical (unpaired) electrons. The van der Waals surface area contributed by atoms with Crippen LogP contribution >= 0.6 is 24.0 Å². The minimum atomic E-state index is 0. The van der Waals surface area contributed by atoms with Crippen molar-refractivity contribution in [1.29, 1.82) is 0 Å². The molecule has 1 heterocycles. The lowest BCUT2D eigenvalue weighted by Crippen LogP contribution is -2.47. The molecule has 1 aromatic rings. The average Bonchev–Trinajstić information content (AvgIpc) is 2.62. The Morgan fingerprint density at radius 1 is 1.19 bits per heavy atom. The number of carbonyl (C=O) groups excluding carboxylic acids is 1. The zero-order valence-corrected chi connectivity index (χ0v) is 18.7. The Labute approximate surface area is 175 Å². The molecule has 0 bridgehead atoms. The van der Waals surface area contributed by atoms with E-state index in [9.17, 15) is 4.79 Å². The Morgan fingerprint density at radius 3 is 2.54 bits per heavy atom. The van der Waals surface area contributed by atoms with Crippen LogP contribution in [-0.4, -0.2) is 42.9 Å². The molecule has 0 spiro atoms. The lowest BCUT2D eigenvalue weighted by atomic mass is 10.00. The highest BCUT2D eigenvalue weighted by molar-refractivity contribution is 14.0. The highest BCUT2D eigenvalue weighted by Crippen LogP contribution is 2.18. The summed E-state index contributed by atoms with van der Waals surface area (Å²) in [6, 6.07) is 8.70. The molecule has 146 valence electrons. The first-order valence-electron chi connectivity index (χ1n) is 9.31. The summed E-state index contributed by atoms with van der Waals surface area (Å²) in [6.07, 6.45) is 3.20. The molecule has 1 atom stereocenters. The first-order valence-corrected chi connectivity index (χ1v) is 9.31. The molecule has 0 aromatic heterocycles. The second-order valence-corrected chi connectivity index (χ2v) is 7.28. The van der Waals surface area contributed by atoms with Crippen LogP contribution in [0.3, 0.4) is 0 Å². The molecule has 1 aromatic carbocycles. The summed E-state index contributed by atoms with van der Waals surface area (Å²) in [5.74, 6) is 1.51. The number of aliphatic imine (C=N–C) groups is 1. The minimum Gasteiger partial charge on any atom is -0.354 e. The first-order chi connectivity index (χ1) is 12.0. The summed E-state index contributed by atoms with van der Waals surface area (Å²) in [7, 11) is 1.74. The molecule has 0 aliphatic carbocycles. The van der Waals surface area contributed by atoms with Gasteiger partial charge in [-0.15, -0.1) is 24.0 Å². The van der Waals surface area contributed by atoms with Crippen molar-refractivity contribution in [2.24, 2.45) is 10.9 Å². The molecule has 1 aliphatic rings. The average molecular weight is 472 g/mol. The van der Waals surface area contributed by atoms with Gasteiger partial charge in [-0.2, -0.15) is 0 Å². The van der Waals surface area contributed by atoms with Gasteiger partial charge in [0.2, 0.25) is 5.91 Å². The van der Waals surface area contributed by atoms with Crippen LogP contribution in [0.2, 0.25) is 0 Å². The fraction of sp³-hybridized carbons (Fsp3) is 0.600. The topological polar surface area (TPSA) is 56.7 Å². The largest absolute Gasteiger partial charge is 0.354 e. The van der Waals surface area contributed by atoms with Crippen LogP contribution in [0.1, 0.15) is 44.7 Å². The van der Waals surface area contributed by atoms with Crippen molar-refractivity contribution < 1.29 is 4.79 Å². The molecule has 5 nitrogen and oxygen atoms in total. The Bertz CT molecular complexity index is 603. The number of benzene rings is 1. The van der Waals surface area contributed by atoms with Crippen molar-refractivity contribution in [2.45, 2.75) is 52.6 Å². The predicted molar refractivity (Wildman–Crippen MR) is 119 cm³/mol. The van der Waals surface area contributed by atoms with Gasteiger partial charge in [0, 0.05) is 26.2 Å². The molecule has 2 N–H and O–H groups in total. The second kappa shape index (κ2) is 11.4. The van der Waals surface area contributed by atoms with E-state index in [1.165, 1.54) is 17.5 Å². The first kappa shape index (κ1) is 22.7. The third-order valence-electron chi connectivity index (χ3n) is 4.67. The fourth-order valence-corrected chi connectivity index (χ4v) is 3.06. The maximum absolute atomic E-state index is 12.5. The number of nitrogens with one attached hydrogen (secondary N) is 2. The summed E-state index contributed by atoms with van der Waals surface area (Å²) in [6.45, 7) is 8.38. The molecule has 0 saturated carbocycles. The molecule has 1 amide bonds. The van der Waals surface area contributed by atoms with E-state index in [1.54, 1.807) is 7.05 Å². The number of halogens is 1. The van der Waals surface area contributed by atoms with Gasteiger partial charge in [0.05, 0.1) is 6.54 Å². The summed E-state index contributed by atoms with van der Waals surface area (Å²) in [5.41, 5.74) is 2.61. The summed E-state index contributed by atoms with van der Waals surface area (Å²) < 4.78 is 0. The van der Waals surface area contributed by atoms with Gasteiger partial charge in [0.1, 0.15) is 0 Å². The van der Waals surface area contributed by atoms with Crippen molar-refractivity contribution in [1.82, 2.24) is 15.5 Å². The summed E-state index contributed by atoms with van der Waals surface area (Å²) in [5, 5.41) is 6.52. The molecule has 6 heteroatoms. The van der Waals surface area contributed by atoms with Crippen LogP contribution in [-0.2, 0) is 17.8 Å². The Kier molecular flexibility index (Phi) is 9.98. The van der Waals surface area contributed by atoms with Crippen LogP contribution in [0.5, 0.6) is 0 Å². The number of rotatable bonds is 6. The normalized spacial score (nSPS) is 15.1. The van der Waals surface area contributed by atoms with E-state index in [1.807, 2.05) is 11.0 Å². The SMILES string of the molecule is CN=C(NCC(=O)N1CCc2ccccc2C1)NC(C)CCC(C)C.I. The fourth-order valence-electron chi connectivity index (χ4n) is 3.06. The van der Waals surface area contributed by atoms with Gasteiger partial charge in [-0.1, -0.05) is 38.1 Å². The second-order valence-electron chi connectivity index (χ2n) is 7.28. The third-order valence-corrected chi connectivity index (χ3v) is 4.67. The smallest absolute Gasteiger partial charge is 0.242 e. The number of fused-ring (bicyclic) bond motifs is 1. The number of nitrogens with zero attached hydrogens (tertiary/aromatic N) is 2. The Balaban J connectivity index is 0.00000338. The van der Waals surface area contributed by atoms with Crippen LogP contribution in [0, 0.1) is 5.92 Å². The third kappa shape index (κ3) is 7.13. The number of hydrogen-bond acceptors (Lipinski definition) is 2. The van der Waals surface area contributed by atoms with Gasteiger partial charge < -0.3 is 15.5 Å². The maximum atomic E-state index is 12.5. The molecule has 0 fully saturated rings. The van der Waals surface area contributed by atoms with E-state index in [2.05, 4.69) is 54.6 Å². The van der Waals surface area contributed by atoms with Crippen LogP contribution in [0.15, 0.2) is 29.3 Å². The summed E-state index contributed by atoms with van der Waals surface area (Å²) in [4.78, 5) is 18.7. The zero-order chi connectivity index (χ0) is 18.2. The molecular weight excluding hydrogens is 439 g/mol. The van der Waals surface area contributed by atoms with Gasteiger partial charge in [-0.3, -0.25) is 9.79 Å². The van der Waals surface area contributed by atoms with E-state index >= 15 is 0 Å². The van der Waals surface area contributed by atoms with E-state index in [4.69, 9.17) is 0 Å². The van der Waals surface area contributed by atoms with Crippen LogP contribution in [0.25, 0.3) is 0 Å². The lowest BCUT2D eigenvalue weighted by Gasteiger charge is -2.29. The Hall–Kier alpha value is -1.31.